The van der Waals surface area contributed by atoms with E-state index in [4.69, 9.17) is 4.74 Å². The Hall–Kier alpha value is -2.73. The maximum absolute atomic E-state index is 12.4. The Labute approximate surface area is 150 Å². The van der Waals surface area contributed by atoms with Crippen molar-refractivity contribution < 1.29 is 9.53 Å². The van der Waals surface area contributed by atoms with Gasteiger partial charge in [-0.25, -0.2) is 9.97 Å². The minimum absolute atomic E-state index is 0.135. The Balaban J connectivity index is 1.67. The molecule has 0 saturated carbocycles. The Morgan fingerprint density at radius 1 is 1.08 bits per heavy atom. The molecule has 2 aromatic heterocycles. The third-order valence-corrected chi connectivity index (χ3v) is 4.73. The number of hydrogen-bond acceptors (Lipinski definition) is 5. The average Bonchev–Trinajstić information content (AvgIpc) is 3.06. The molecule has 0 aliphatic rings. The highest BCUT2D eigenvalue weighted by molar-refractivity contribution is 7.13. The molecule has 0 saturated heterocycles. The molecule has 6 heteroatoms. The Morgan fingerprint density at radius 2 is 1.84 bits per heavy atom. The van der Waals surface area contributed by atoms with Crippen molar-refractivity contribution >= 4 is 17.2 Å². The molecule has 0 spiro atoms. The summed E-state index contributed by atoms with van der Waals surface area (Å²) in [5.74, 6) is 0.402. The molecule has 0 aliphatic carbocycles. The SMILES string of the molecule is COc1nc(C)ccc1CNC(=O)c1ccc(-c2nc(C)cs2)cc1. The van der Waals surface area contributed by atoms with Crippen molar-refractivity contribution in [1.29, 1.82) is 0 Å². The van der Waals surface area contributed by atoms with E-state index in [-0.39, 0.29) is 5.91 Å². The molecule has 0 aliphatic heterocycles. The lowest BCUT2D eigenvalue weighted by Gasteiger charge is -2.10. The Kier molecular flexibility index (Phi) is 5.09. The van der Waals surface area contributed by atoms with Gasteiger partial charge in [0.15, 0.2) is 0 Å². The lowest BCUT2D eigenvalue weighted by Crippen LogP contribution is -2.23. The van der Waals surface area contributed by atoms with Crippen LogP contribution in [0.25, 0.3) is 10.6 Å². The molecule has 0 bridgehead atoms. The lowest BCUT2D eigenvalue weighted by atomic mass is 10.1. The molecule has 2 heterocycles. The molecule has 1 N–H and O–H groups in total. The van der Waals surface area contributed by atoms with E-state index in [0.29, 0.717) is 18.0 Å². The zero-order valence-corrected chi connectivity index (χ0v) is 15.2. The van der Waals surface area contributed by atoms with Gasteiger partial charge in [-0.05, 0) is 32.0 Å². The Morgan fingerprint density at radius 3 is 2.48 bits per heavy atom. The molecular formula is C19H19N3O2S. The first-order valence-electron chi connectivity index (χ1n) is 7.88. The Bertz CT molecular complexity index is 888. The van der Waals surface area contributed by atoms with Crippen LogP contribution in [0.4, 0.5) is 0 Å². The molecule has 1 aromatic carbocycles. The second-order valence-corrected chi connectivity index (χ2v) is 6.53. The van der Waals surface area contributed by atoms with Gasteiger partial charge < -0.3 is 10.1 Å². The van der Waals surface area contributed by atoms with Crippen molar-refractivity contribution in [3.05, 3.63) is 64.3 Å². The summed E-state index contributed by atoms with van der Waals surface area (Å²) < 4.78 is 5.26. The van der Waals surface area contributed by atoms with Crippen molar-refractivity contribution in [2.24, 2.45) is 0 Å². The minimum Gasteiger partial charge on any atom is -0.481 e. The van der Waals surface area contributed by atoms with Crippen LogP contribution < -0.4 is 10.1 Å². The first kappa shape index (κ1) is 17.1. The zero-order chi connectivity index (χ0) is 17.8. The fourth-order valence-corrected chi connectivity index (χ4v) is 3.21. The number of carbonyl (C=O) groups is 1. The van der Waals surface area contributed by atoms with E-state index in [1.807, 2.05) is 55.6 Å². The summed E-state index contributed by atoms with van der Waals surface area (Å²) in [5, 5.41) is 5.87. The minimum atomic E-state index is -0.135. The van der Waals surface area contributed by atoms with Gasteiger partial charge in [-0.15, -0.1) is 11.3 Å². The predicted octanol–water partition coefficient (Wildman–Crippen LogP) is 3.76. The number of amides is 1. The van der Waals surface area contributed by atoms with Crippen molar-refractivity contribution in [1.82, 2.24) is 15.3 Å². The van der Waals surface area contributed by atoms with Crippen LogP contribution in [0.2, 0.25) is 0 Å². The van der Waals surface area contributed by atoms with Gasteiger partial charge in [0.1, 0.15) is 5.01 Å². The summed E-state index contributed by atoms with van der Waals surface area (Å²) in [4.78, 5) is 21.1. The molecule has 128 valence electrons. The summed E-state index contributed by atoms with van der Waals surface area (Å²) in [6.45, 7) is 4.23. The molecule has 1 amide bonds. The first-order valence-corrected chi connectivity index (χ1v) is 8.76. The number of rotatable bonds is 5. The number of ether oxygens (including phenoxy) is 1. The highest BCUT2D eigenvalue weighted by Crippen LogP contribution is 2.23. The lowest BCUT2D eigenvalue weighted by molar-refractivity contribution is 0.0950. The third kappa shape index (κ3) is 4.03. The van der Waals surface area contributed by atoms with E-state index >= 15 is 0 Å². The molecule has 3 aromatic rings. The fourth-order valence-electron chi connectivity index (χ4n) is 2.40. The van der Waals surface area contributed by atoms with Gasteiger partial charge in [0.2, 0.25) is 5.88 Å². The van der Waals surface area contributed by atoms with Crippen molar-refractivity contribution in [2.75, 3.05) is 7.11 Å². The third-order valence-electron chi connectivity index (χ3n) is 3.72. The van der Waals surface area contributed by atoms with Crippen LogP contribution in [0.5, 0.6) is 5.88 Å². The van der Waals surface area contributed by atoms with Crippen LogP contribution in [-0.2, 0) is 6.54 Å². The maximum atomic E-state index is 12.4. The van der Waals surface area contributed by atoms with E-state index in [2.05, 4.69) is 15.3 Å². The number of nitrogens with one attached hydrogen (secondary N) is 1. The van der Waals surface area contributed by atoms with Gasteiger partial charge >= 0.3 is 0 Å². The highest BCUT2D eigenvalue weighted by atomic mass is 32.1. The van der Waals surface area contributed by atoms with Gasteiger partial charge in [0.25, 0.3) is 5.91 Å². The second-order valence-electron chi connectivity index (χ2n) is 5.68. The summed E-state index contributed by atoms with van der Waals surface area (Å²) in [5.41, 5.74) is 4.34. The number of hydrogen-bond donors (Lipinski definition) is 1. The van der Waals surface area contributed by atoms with E-state index in [0.717, 1.165) is 27.5 Å². The highest BCUT2D eigenvalue weighted by Gasteiger charge is 2.10. The number of aromatic nitrogens is 2. The van der Waals surface area contributed by atoms with E-state index in [9.17, 15) is 4.79 Å². The number of thiazole rings is 1. The quantitative estimate of drug-likeness (QED) is 0.758. The van der Waals surface area contributed by atoms with Crippen LogP contribution in [0.1, 0.15) is 27.3 Å². The van der Waals surface area contributed by atoms with Crippen LogP contribution in [0.3, 0.4) is 0 Å². The van der Waals surface area contributed by atoms with Gasteiger partial charge in [-0.3, -0.25) is 4.79 Å². The first-order chi connectivity index (χ1) is 12.1. The van der Waals surface area contributed by atoms with E-state index in [1.54, 1.807) is 18.4 Å². The van der Waals surface area contributed by atoms with Crippen LogP contribution in [-0.4, -0.2) is 23.0 Å². The standard InChI is InChI=1S/C19H19N3O2S/c1-12-4-5-16(18(21-12)24-3)10-20-17(23)14-6-8-15(9-7-14)19-22-13(2)11-25-19/h4-9,11H,10H2,1-3H3,(H,20,23). The van der Waals surface area contributed by atoms with Crippen LogP contribution in [0.15, 0.2) is 41.8 Å². The predicted molar refractivity (Wildman–Crippen MR) is 99.0 cm³/mol. The number of benzene rings is 1. The zero-order valence-electron chi connectivity index (χ0n) is 14.4. The van der Waals surface area contributed by atoms with Gasteiger partial charge in [-0.2, -0.15) is 0 Å². The number of carbonyl (C=O) groups excluding carboxylic acids is 1. The van der Waals surface area contributed by atoms with E-state index < -0.39 is 0 Å². The van der Waals surface area contributed by atoms with Crippen LogP contribution >= 0.6 is 11.3 Å². The molecule has 0 fully saturated rings. The number of nitrogens with zero attached hydrogens (tertiary/aromatic N) is 2. The summed E-state index contributed by atoms with van der Waals surface area (Å²) in [7, 11) is 1.58. The summed E-state index contributed by atoms with van der Waals surface area (Å²) in [6.07, 6.45) is 0. The maximum Gasteiger partial charge on any atom is 0.251 e. The van der Waals surface area contributed by atoms with Gasteiger partial charge in [0.05, 0.1) is 7.11 Å². The number of methoxy groups -OCH3 is 1. The molecule has 0 atom stereocenters. The normalized spacial score (nSPS) is 10.5. The topological polar surface area (TPSA) is 64.1 Å². The van der Waals surface area contributed by atoms with Crippen molar-refractivity contribution in [3.8, 4) is 16.5 Å². The smallest absolute Gasteiger partial charge is 0.251 e. The molecule has 0 radical (unpaired) electrons. The number of aryl methyl sites for hydroxylation is 2. The summed E-state index contributed by atoms with van der Waals surface area (Å²) >= 11 is 1.60. The average molecular weight is 353 g/mol. The summed E-state index contributed by atoms with van der Waals surface area (Å²) in [6, 6.07) is 11.3. The number of pyridine rings is 1. The molecule has 5 nitrogen and oxygen atoms in total. The molecular weight excluding hydrogens is 334 g/mol. The van der Waals surface area contributed by atoms with Crippen molar-refractivity contribution in [3.63, 3.8) is 0 Å². The fraction of sp³-hybridized carbons (Fsp3) is 0.211. The molecule has 0 unspecified atom stereocenters. The molecule has 25 heavy (non-hydrogen) atoms. The van der Waals surface area contributed by atoms with Gasteiger partial charge in [0, 0.05) is 40.0 Å². The van der Waals surface area contributed by atoms with Crippen LogP contribution in [0, 0.1) is 13.8 Å². The van der Waals surface area contributed by atoms with E-state index in [1.165, 1.54) is 0 Å². The monoisotopic (exact) mass is 353 g/mol. The second kappa shape index (κ2) is 7.44. The largest absolute Gasteiger partial charge is 0.481 e. The molecule has 3 rings (SSSR count). The van der Waals surface area contributed by atoms with Gasteiger partial charge in [-0.1, -0.05) is 18.2 Å². The van der Waals surface area contributed by atoms with Crippen molar-refractivity contribution in [2.45, 2.75) is 20.4 Å².